The lowest BCUT2D eigenvalue weighted by molar-refractivity contribution is 0.191. The molecule has 2 aromatic rings. The van der Waals surface area contributed by atoms with Crippen LogP contribution in [0.4, 0.5) is 9.18 Å². The molecule has 0 aliphatic carbocycles. The van der Waals surface area contributed by atoms with Crippen molar-refractivity contribution in [3.8, 4) is 0 Å². The number of halogens is 2. The van der Waals surface area contributed by atoms with Gasteiger partial charge in [0.15, 0.2) is 0 Å². The second kappa shape index (κ2) is 7.47. The number of rotatable bonds is 4. The number of benzene rings is 2. The number of hydrogen-bond acceptors (Lipinski definition) is 1. The minimum absolute atomic E-state index is 0.125. The molecule has 23 heavy (non-hydrogen) atoms. The first kappa shape index (κ1) is 17.3. The number of amides is 2. The van der Waals surface area contributed by atoms with Gasteiger partial charge >= 0.3 is 6.03 Å². The molecule has 0 spiro atoms. The number of carbonyl (C=O) groups is 1. The second-order valence-corrected chi connectivity index (χ2v) is 5.97. The standard InChI is InChI=1S/C18H20ClFN2O/c1-12(16-6-4-5-7-17(16)20)21-18(23)22(3)13(2)14-8-10-15(19)11-9-14/h4-13H,1-3H3,(H,21,23)/t12-,13+/m0/s1. The van der Waals surface area contributed by atoms with Gasteiger partial charge in [-0.15, -0.1) is 0 Å². The maximum atomic E-state index is 13.8. The predicted molar refractivity (Wildman–Crippen MR) is 91.0 cm³/mol. The smallest absolute Gasteiger partial charge is 0.318 e. The average Bonchev–Trinajstić information content (AvgIpc) is 2.54. The van der Waals surface area contributed by atoms with Gasteiger partial charge in [0.2, 0.25) is 0 Å². The van der Waals surface area contributed by atoms with Crippen molar-refractivity contribution < 1.29 is 9.18 Å². The zero-order chi connectivity index (χ0) is 17.0. The van der Waals surface area contributed by atoms with Gasteiger partial charge in [-0.3, -0.25) is 0 Å². The fraction of sp³-hybridized carbons (Fsp3) is 0.278. The van der Waals surface area contributed by atoms with Crippen LogP contribution < -0.4 is 5.32 Å². The van der Waals surface area contributed by atoms with E-state index in [1.165, 1.54) is 6.07 Å². The van der Waals surface area contributed by atoms with Gasteiger partial charge in [0.25, 0.3) is 0 Å². The largest absolute Gasteiger partial charge is 0.331 e. The van der Waals surface area contributed by atoms with E-state index in [1.54, 1.807) is 49.2 Å². The molecule has 3 nitrogen and oxygen atoms in total. The number of carbonyl (C=O) groups excluding carboxylic acids is 1. The number of hydrogen-bond donors (Lipinski definition) is 1. The Balaban J connectivity index is 2.04. The lowest BCUT2D eigenvalue weighted by atomic mass is 10.1. The van der Waals surface area contributed by atoms with Crippen LogP contribution in [0, 0.1) is 5.82 Å². The van der Waals surface area contributed by atoms with Crippen LogP contribution in [0.1, 0.15) is 37.1 Å². The topological polar surface area (TPSA) is 32.3 Å². The molecular formula is C18H20ClFN2O. The van der Waals surface area contributed by atoms with E-state index in [1.807, 2.05) is 19.1 Å². The summed E-state index contributed by atoms with van der Waals surface area (Å²) in [6.07, 6.45) is 0. The lowest BCUT2D eigenvalue weighted by Gasteiger charge is -2.27. The molecule has 0 radical (unpaired) electrons. The van der Waals surface area contributed by atoms with Crippen LogP contribution in [0.25, 0.3) is 0 Å². The summed E-state index contributed by atoms with van der Waals surface area (Å²) in [4.78, 5) is 14.0. The van der Waals surface area contributed by atoms with Crippen molar-refractivity contribution in [1.29, 1.82) is 0 Å². The molecule has 0 bridgehead atoms. The highest BCUT2D eigenvalue weighted by molar-refractivity contribution is 6.30. The second-order valence-electron chi connectivity index (χ2n) is 5.53. The van der Waals surface area contributed by atoms with E-state index >= 15 is 0 Å². The minimum atomic E-state index is -0.413. The van der Waals surface area contributed by atoms with Crippen molar-refractivity contribution in [1.82, 2.24) is 10.2 Å². The normalized spacial score (nSPS) is 13.3. The molecule has 0 fully saturated rings. The molecule has 0 saturated carbocycles. The predicted octanol–water partition coefficient (Wildman–Crippen LogP) is 4.94. The summed E-state index contributed by atoms with van der Waals surface area (Å²) >= 11 is 5.88. The van der Waals surface area contributed by atoms with Gasteiger partial charge in [-0.1, -0.05) is 41.9 Å². The van der Waals surface area contributed by atoms with Crippen molar-refractivity contribution in [2.75, 3.05) is 7.05 Å². The quantitative estimate of drug-likeness (QED) is 0.843. The van der Waals surface area contributed by atoms with Crippen molar-refractivity contribution in [3.05, 3.63) is 70.5 Å². The summed E-state index contributed by atoms with van der Waals surface area (Å²) in [6, 6.07) is 13.0. The molecule has 0 saturated heterocycles. The third kappa shape index (κ3) is 4.23. The van der Waals surface area contributed by atoms with E-state index in [-0.39, 0.29) is 17.9 Å². The monoisotopic (exact) mass is 334 g/mol. The minimum Gasteiger partial charge on any atom is -0.331 e. The first-order valence-corrected chi connectivity index (χ1v) is 7.81. The highest BCUT2D eigenvalue weighted by Gasteiger charge is 2.20. The molecular weight excluding hydrogens is 315 g/mol. The molecule has 0 aliphatic rings. The van der Waals surface area contributed by atoms with Gasteiger partial charge in [0.1, 0.15) is 5.82 Å². The summed E-state index contributed by atoms with van der Waals surface area (Å²) in [5, 5.41) is 3.47. The summed E-state index contributed by atoms with van der Waals surface area (Å²) in [7, 11) is 1.71. The number of nitrogens with one attached hydrogen (secondary N) is 1. The van der Waals surface area contributed by atoms with Crippen LogP contribution in [0.3, 0.4) is 0 Å². The summed E-state index contributed by atoms with van der Waals surface area (Å²) < 4.78 is 13.8. The maximum absolute atomic E-state index is 13.8. The Bertz CT molecular complexity index is 675. The molecule has 2 atom stereocenters. The molecule has 2 amide bonds. The highest BCUT2D eigenvalue weighted by atomic mass is 35.5. The Morgan fingerprint density at radius 2 is 1.74 bits per heavy atom. The summed E-state index contributed by atoms with van der Waals surface area (Å²) in [5.41, 5.74) is 1.44. The van der Waals surface area contributed by atoms with Gasteiger partial charge in [0, 0.05) is 17.6 Å². The zero-order valence-electron chi connectivity index (χ0n) is 13.4. The molecule has 0 heterocycles. The van der Waals surface area contributed by atoms with E-state index < -0.39 is 6.04 Å². The van der Waals surface area contributed by atoms with Gasteiger partial charge in [-0.25, -0.2) is 9.18 Å². The van der Waals surface area contributed by atoms with E-state index in [9.17, 15) is 9.18 Å². The molecule has 0 unspecified atom stereocenters. The third-order valence-electron chi connectivity index (χ3n) is 3.97. The Morgan fingerprint density at radius 1 is 1.13 bits per heavy atom. The first-order chi connectivity index (χ1) is 10.9. The molecule has 2 aromatic carbocycles. The van der Waals surface area contributed by atoms with Crippen LogP contribution in [-0.4, -0.2) is 18.0 Å². The van der Waals surface area contributed by atoms with E-state index in [0.29, 0.717) is 10.6 Å². The highest BCUT2D eigenvalue weighted by Crippen LogP contribution is 2.22. The first-order valence-electron chi connectivity index (χ1n) is 7.43. The summed E-state index contributed by atoms with van der Waals surface area (Å²) in [5.74, 6) is -0.325. The number of urea groups is 1. The van der Waals surface area contributed by atoms with Gasteiger partial charge in [-0.2, -0.15) is 0 Å². The van der Waals surface area contributed by atoms with Crippen molar-refractivity contribution >= 4 is 17.6 Å². The van der Waals surface area contributed by atoms with Gasteiger partial charge in [0.05, 0.1) is 12.1 Å². The van der Waals surface area contributed by atoms with E-state index in [0.717, 1.165) is 5.56 Å². The van der Waals surface area contributed by atoms with Crippen molar-refractivity contribution in [3.63, 3.8) is 0 Å². The zero-order valence-corrected chi connectivity index (χ0v) is 14.1. The van der Waals surface area contributed by atoms with Crippen LogP contribution in [0.5, 0.6) is 0 Å². The molecule has 0 aliphatic heterocycles. The van der Waals surface area contributed by atoms with E-state index in [4.69, 9.17) is 11.6 Å². The molecule has 5 heteroatoms. The summed E-state index contributed by atoms with van der Waals surface area (Å²) in [6.45, 7) is 3.69. The average molecular weight is 335 g/mol. The van der Waals surface area contributed by atoms with Crippen LogP contribution in [-0.2, 0) is 0 Å². The third-order valence-corrected chi connectivity index (χ3v) is 4.22. The maximum Gasteiger partial charge on any atom is 0.318 e. The van der Waals surface area contributed by atoms with Crippen LogP contribution in [0.2, 0.25) is 5.02 Å². The van der Waals surface area contributed by atoms with Crippen LogP contribution in [0.15, 0.2) is 48.5 Å². The Morgan fingerprint density at radius 3 is 2.35 bits per heavy atom. The Labute approximate surface area is 141 Å². The molecule has 0 aromatic heterocycles. The van der Waals surface area contributed by atoms with Crippen LogP contribution >= 0.6 is 11.6 Å². The Hall–Kier alpha value is -2.07. The Kier molecular flexibility index (Phi) is 5.61. The molecule has 1 N–H and O–H groups in total. The molecule has 122 valence electrons. The number of nitrogens with zero attached hydrogens (tertiary/aromatic N) is 1. The fourth-order valence-electron chi connectivity index (χ4n) is 2.33. The SMILES string of the molecule is C[C@H](NC(=O)N(C)[C@H](C)c1ccc(Cl)cc1)c1ccccc1F. The van der Waals surface area contributed by atoms with Crippen molar-refractivity contribution in [2.24, 2.45) is 0 Å². The van der Waals surface area contributed by atoms with Crippen molar-refractivity contribution in [2.45, 2.75) is 25.9 Å². The molecule has 2 rings (SSSR count). The lowest BCUT2D eigenvalue weighted by Crippen LogP contribution is -2.40. The van der Waals surface area contributed by atoms with Gasteiger partial charge < -0.3 is 10.2 Å². The van der Waals surface area contributed by atoms with E-state index in [2.05, 4.69) is 5.32 Å². The van der Waals surface area contributed by atoms with Gasteiger partial charge in [-0.05, 0) is 37.6 Å². The fourth-order valence-corrected chi connectivity index (χ4v) is 2.46.